The van der Waals surface area contributed by atoms with Crippen molar-refractivity contribution in [2.45, 2.75) is 12.8 Å². The van der Waals surface area contributed by atoms with Gasteiger partial charge in [-0.1, -0.05) is 139 Å². The second kappa shape index (κ2) is 11.1. The summed E-state index contributed by atoms with van der Waals surface area (Å²) >= 11 is 0. The maximum atomic E-state index is 5.72. The van der Waals surface area contributed by atoms with E-state index in [1.807, 2.05) is 30.3 Å². The Labute approximate surface area is 214 Å². The van der Waals surface area contributed by atoms with E-state index < -0.39 is 7.05 Å². The summed E-state index contributed by atoms with van der Waals surface area (Å²) in [6, 6.07) is 50.9. The Morgan fingerprint density at radius 2 is 0.944 bits per heavy atom. The largest absolute Gasteiger partial charge is 0.254 e. The van der Waals surface area contributed by atoms with Crippen LogP contribution in [0.15, 0.2) is 150 Å². The Morgan fingerprint density at radius 3 is 1.44 bits per heavy atom. The van der Waals surface area contributed by atoms with Crippen LogP contribution in [0.4, 0.5) is 5.69 Å². The molecule has 0 aliphatic carbocycles. The molecular formula is C34H28NP. The van der Waals surface area contributed by atoms with E-state index >= 15 is 0 Å². The van der Waals surface area contributed by atoms with Gasteiger partial charge in [0, 0.05) is 27.4 Å². The van der Waals surface area contributed by atoms with Crippen LogP contribution in [0.5, 0.6) is 0 Å². The fourth-order valence-electron chi connectivity index (χ4n) is 4.45. The first-order chi connectivity index (χ1) is 17.8. The lowest BCUT2D eigenvalue weighted by Gasteiger charge is -2.27. The summed E-state index contributed by atoms with van der Waals surface area (Å²) < 4.78 is 5.72. The standard InChI is InChI=1S/C34H28NP/c1-28(26-27-29-16-6-2-7-17-29)33-24-14-15-25-34(33)35-36(30-18-8-3-9-19-30,31-20-10-4-11-21-31)32-22-12-5-13-23-32/h2-25,28H,1H3. The lowest BCUT2D eigenvalue weighted by molar-refractivity contribution is 1.00. The van der Waals surface area contributed by atoms with E-state index in [0.717, 1.165) is 16.8 Å². The molecule has 1 unspecified atom stereocenters. The molecule has 0 N–H and O–H groups in total. The lowest BCUT2D eigenvalue weighted by atomic mass is 9.99. The van der Waals surface area contributed by atoms with Crippen LogP contribution in [0.1, 0.15) is 24.0 Å². The second-order valence-corrected chi connectivity index (χ2v) is 11.7. The van der Waals surface area contributed by atoms with Crippen LogP contribution >= 0.6 is 7.05 Å². The smallest absolute Gasteiger partial charge is 0.0669 e. The third-order valence-electron chi connectivity index (χ3n) is 6.26. The van der Waals surface area contributed by atoms with Gasteiger partial charge in [-0.2, -0.15) is 0 Å². The molecule has 0 aromatic heterocycles. The van der Waals surface area contributed by atoms with Crippen LogP contribution < -0.4 is 15.9 Å². The van der Waals surface area contributed by atoms with Crippen molar-refractivity contribution < 1.29 is 0 Å². The normalized spacial score (nSPS) is 11.7. The van der Waals surface area contributed by atoms with E-state index in [4.69, 9.17) is 4.74 Å². The van der Waals surface area contributed by atoms with Gasteiger partial charge in [0.25, 0.3) is 0 Å². The number of rotatable bonds is 5. The van der Waals surface area contributed by atoms with Crippen molar-refractivity contribution in [2.75, 3.05) is 0 Å². The Bertz CT molecular complexity index is 1430. The minimum atomic E-state index is -2.34. The zero-order valence-corrected chi connectivity index (χ0v) is 21.2. The van der Waals surface area contributed by atoms with E-state index in [1.165, 1.54) is 15.9 Å². The predicted molar refractivity (Wildman–Crippen MR) is 155 cm³/mol. The molecule has 0 amide bonds. The van der Waals surface area contributed by atoms with E-state index in [9.17, 15) is 0 Å². The molecule has 5 aromatic carbocycles. The quantitative estimate of drug-likeness (QED) is 0.181. The fraction of sp³-hybridized carbons (Fsp3) is 0.0588. The van der Waals surface area contributed by atoms with Gasteiger partial charge >= 0.3 is 0 Å². The van der Waals surface area contributed by atoms with Crippen LogP contribution in [0, 0.1) is 11.8 Å². The first kappa shape index (κ1) is 23.6. The van der Waals surface area contributed by atoms with Crippen LogP contribution in [-0.4, -0.2) is 0 Å². The van der Waals surface area contributed by atoms with Gasteiger partial charge in [0.2, 0.25) is 0 Å². The third-order valence-corrected chi connectivity index (χ3v) is 9.91. The fourth-order valence-corrected chi connectivity index (χ4v) is 8.01. The maximum Gasteiger partial charge on any atom is 0.0669 e. The van der Waals surface area contributed by atoms with Crippen molar-refractivity contribution in [1.29, 1.82) is 0 Å². The van der Waals surface area contributed by atoms with Crippen molar-refractivity contribution in [3.05, 3.63) is 157 Å². The Hall–Kier alpha value is -4.11. The Kier molecular flexibility index (Phi) is 7.28. The zero-order chi connectivity index (χ0) is 24.6. The van der Waals surface area contributed by atoms with Gasteiger partial charge in [-0.05, 0) is 30.7 Å². The van der Waals surface area contributed by atoms with Crippen molar-refractivity contribution in [3.63, 3.8) is 0 Å². The molecule has 5 rings (SSSR count). The van der Waals surface area contributed by atoms with Crippen molar-refractivity contribution >= 4 is 28.7 Å². The molecule has 0 fully saturated rings. The van der Waals surface area contributed by atoms with Gasteiger partial charge in [0.15, 0.2) is 0 Å². The number of nitrogens with zero attached hydrogens (tertiary/aromatic N) is 1. The molecule has 0 bridgehead atoms. The molecule has 1 nitrogen and oxygen atoms in total. The molecule has 1 atom stereocenters. The van der Waals surface area contributed by atoms with Crippen LogP contribution in [-0.2, 0) is 0 Å². The van der Waals surface area contributed by atoms with E-state index in [0.29, 0.717) is 0 Å². The molecule has 0 aliphatic heterocycles. The SMILES string of the molecule is CC(C#Cc1ccccc1)c1ccccc1N=P(c1ccccc1)(c1ccccc1)c1ccccc1. The first-order valence-electron chi connectivity index (χ1n) is 12.2. The molecule has 0 aliphatic rings. The molecule has 0 saturated carbocycles. The van der Waals surface area contributed by atoms with E-state index in [-0.39, 0.29) is 5.92 Å². The highest BCUT2D eigenvalue weighted by Gasteiger charge is 2.28. The maximum absolute atomic E-state index is 5.72. The number of hydrogen-bond acceptors (Lipinski definition) is 1. The average molecular weight is 482 g/mol. The predicted octanol–water partition coefficient (Wildman–Crippen LogP) is 7.65. The minimum absolute atomic E-state index is 0.0365. The summed E-state index contributed by atoms with van der Waals surface area (Å²) in [7, 11) is -2.34. The van der Waals surface area contributed by atoms with Gasteiger partial charge < -0.3 is 0 Å². The van der Waals surface area contributed by atoms with Crippen molar-refractivity contribution in [1.82, 2.24) is 0 Å². The van der Waals surface area contributed by atoms with Gasteiger partial charge in [-0.3, -0.25) is 4.74 Å². The average Bonchev–Trinajstić information content (AvgIpc) is 2.97. The third kappa shape index (κ3) is 4.96. The first-order valence-corrected chi connectivity index (χ1v) is 14.0. The highest BCUT2D eigenvalue weighted by atomic mass is 31.2. The monoisotopic (exact) mass is 481 g/mol. The van der Waals surface area contributed by atoms with Crippen LogP contribution in [0.2, 0.25) is 0 Å². The van der Waals surface area contributed by atoms with Gasteiger partial charge in [-0.25, -0.2) is 0 Å². The minimum Gasteiger partial charge on any atom is -0.254 e. The molecule has 174 valence electrons. The van der Waals surface area contributed by atoms with E-state index in [1.54, 1.807) is 0 Å². The molecule has 0 radical (unpaired) electrons. The molecule has 0 heterocycles. The second-order valence-electron chi connectivity index (χ2n) is 8.66. The highest BCUT2D eigenvalue weighted by molar-refractivity contribution is 7.87. The van der Waals surface area contributed by atoms with Crippen LogP contribution in [0.3, 0.4) is 0 Å². The summed E-state index contributed by atoms with van der Waals surface area (Å²) in [4.78, 5) is 0. The van der Waals surface area contributed by atoms with Gasteiger partial charge in [0.1, 0.15) is 0 Å². The Balaban J connectivity index is 1.76. The molecule has 0 spiro atoms. The van der Waals surface area contributed by atoms with Gasteiger partial charge in [0.05, 0.1) is 12.7 Å². The van der Waals surface area contributed by atoms with Gasteiger partial charge in [-0.15, -0.1) is 0 Å². The lowest BCUT2D eigenvalue weighted by Crippen LogP contribution is -2.25. The zero-order valence-electron chi connectivity index (χ0n) is 20.3. The summed E-state index contributed by atoms with van der Waals surface area (Å²) in [5.41, 5.74) is 3.17. The van der Waals surface area contributed by atoms with Crippen LogP contribution in [0.25, 0.3) is 0 Å². The molecule has 0 saturated heterocycles. The molecule has 2 heteroatoms. The van der Waals surface area contributed by atoms with Crippen molar-refractivity contribution in [3.8, 4) is 11.8 Å². The highest BCUT2D eigenvalue weighted by Crippen LogP contribution is 2.50. The Morgan fingerprint density at radius 1 is 0.528 bits per heavy atom. The summed E-state index contributed by atoms with van der Waals surface area (Å²) in [6.45, 7) is 2.16. The topological polar surface area (TPSA) is 12.4 Å². The summed E-state index contributed by atoms with van der Waals surface area (Å²) in [6.07, 6.45) is 0. The summed E-state index contributed by atoms with van der Waals surface area (Å²) in [5.74, 6) is 6.84. The molecule has 36 heavy (non-hydrogen) atoms. The van der Waals surface area contributed by atoms with Crippen molar-refractivity contribution in [2.24, 2.45) is 4.74 Å². The number of benzene rings is 5. The molecule has 5 aromatic rings. The summed E-state index contributed by atoms with van der Waals surface area (Å²) in [5, 5.41) is 3.71. The van der Waals surface area contributed by atoms with E-state index in [2.05, 4.69) is 134 Å². The number of hydrogen-bond donors (Lipinski definition) is 0. The molecular weight excluding hydrogens is 453 g/mol.